The number of carbonyl (C=O) groups is 3. The monoisotopic (exact) mass is 297 g/mol. The maximum absolute atomic E-state index is 11.7. The average molecular weight is 297 g/mol. The number of methoxy groups -OCH3 is 1. The normalized spacial score (nSPS) is 14.4. The van der Waals surface area contributed by atoms with Gasteiger partial charge in [0.05, 0.1) is 7.11 Å². The fraction of sp³-hybridized carbons (Fsp3) is 0.667. The molecular weight excluding hydrogens is 282 g/mol. The molecule has 2 atom stereocenters. The van der Waals surface area contributed by atoms with Gasteiger partial charge in [0.15, 0.2) is 5.25 Å². The fourth-order valence-electron chi connectivity index (χ4n) is 1.09. The SMILES string of the molecule is COC(=O)C(C)S(=O)(=O)NC(CCC(=O)O)C(=O)O. The quantitative estimate of drug-likeness (QED) is 0.472. The van der Waals surface area contributed by atoms with E-state index in [4.69, 9.17) is 10.2 Å². The molecule has 0 aromatic heterocycles. The van der Waals surface area contributed by atoms with E-state index in [0.29, 0.717) is 0 Å². The van der Waals surface area contributed by atoms with Gasteiger partial charge in [0.2, 0.25) is 10.0 Å². The molecule has 9 nitrogen and oxygen atoms in total. The van der Waals surface area contributed by atoms with Gasteiger partial charge in [0.1, 0.15) is 6.04 Å². The predicted molar refractivity (Wildman–Crippen MR) is 61.8 cm³/mol. The molecule has 2 unspecified atom stereocenters. The minimum Gasteiger partial charge on any atom is -0.481 e. The summed E-state index contributed by atoms with van der Waals surface area (Å²) in [5.74, 6) is -3.83. The van der Waals surface area contributed by atoms with Crippen molar-refractivity contribution in [1.82, 2.24) is 4.72 Å². The molecule has 19 heavy (non-hydrogen) atoms. The molecule has 0 aromatic rings. The third-order valence-electron chi connectivity index (χ3n) is 2.25. The smallest absolute Gasteiger partial charge is 0.325 e. The van der Waals surface area contributed by atoms with Gasteiger partial charge in [0, 0.05) is 6.42 Å². The van der Waals surface area contributed by atoms with Gasteiger partial charge in [0.25, 0.3) is 0 Å². The summed E-state index contributed by atoms with van der Waals surface area (Å²) in [6.07, 6.45) is -0.954. The number of sulfonamides is 1. The van der Waals surface area contributed by atoms with E-state index in [1.165, 1.54) is 0 Å². The van der Waals surface area contributed by atoms with Crippen molar-refractivity contribution in [3.05, 3.63) is 0 Å². The Bertz CT molecular complexity index is 457. The highest BCUT2D eigenvalue weighted by molar-refractivity contribution is 7.90. The van der Waals surface area contributed by atoms with Crippen molar-refractivity contribution in [2.45, 2.75) is 31.1 Å². The predicted octanol–water partition coefficient (Wildman–Crippen LogP) is -1.21. The van der Waals surface area contributed by atoms with E-state index in [1.807, 2.05) is 0 Å². The lowest BCUT2D eigenvalue weighted by Crippen LogP contribution is -2.46. The second-order valence-electron chi connectivity index (χ2n) is 3.65. The van der Waals surface area contributed by atoms with Crippen molar-refractivity contribution >= 4 is 27.9 Å². The van der Waals surface area contributed by atoms with E-state index in [2.05, 4.69) is 4.74 Å². The Morgan fingerprint density at radius 3 is 2.16 bits per heavy atom. The molecule has 0 aliphatic carbocycles. The van der Waals surface area contributed by atoms with Crippen LogP contribution in [0.4, 0.5) is 0 Å². The van der Waals surface area contributed by atoms with Crippen molar-refractivity contribution in [2.75, 3.05) is 7.11 Å². The maximum Gasteiger partial charge on any atom is 0.325 e. The first-order valence-corrected chi connectivity index (χ1v) is 6.70. The topological polar surface area (TPSA) is 147 Å². The van der Waals surface area contributed by atoms with Crippen LogP contribution in [-0.2, 0) is 29.1 Å². The van der Waals surface area contributed by atoms with Crippen molar-refractivity contribution in [3.8, 4) is 0 Å². The molecule has 0 spiro atoms. The Hall–Kier alpha value is -1.68. The summed E-state index contributed by atoms with van der Waals surface area (Å²) in [5, 5.41) is 15.6. The standard InChI is InChI=1S/C9H15NO8S/c1-5(9(15)18-2)19(16,17)10-6(8(13)14)3-4-7(11)12/h5-6,10H,3-4H2,1-2H3,(H,11,12)(H,13,14). The summed E-state index contributed by atoms with van der Waals surface area (Å²) in [6.45, 7) is 1.03. The highest BCUT2D eigenvalue weighted by Crippen LogP contribution is 2.06. The van der Waals surface area contributed by atoms with Crippen LogP contribution < -0.4 is 4.72 Å². The maximum atomic E-state index is 11.7. The van der Waals surface area contributed by atoms with Crippen molar-refractivity contribution < 1.29 is 37.8 Å². The van der Waals surface area contributed by atoms with Crippen LogP contribution in [0, 0.1) is 0 Å². The first-order chi connectivity index (χ1) is 8.61. The average Bonchev–Trinajstić information content (AvgIpc) is 2.31. The van der Waals surface area contributed by atoms with E-state index < -0.39 is 52.1 Å². The van der Waals surface area contributed by atoms with Crippen LogP contribution in [0.25, 0.3) is 0 Å². The number of carbonyl (C=O) groups excluding carboxylic acids is 1. The number of nitrogens with one attached hydrogen (secondary N) is 1. The number of hydrogen-bond donors (Lipinski definition) is 3. The van der Waals surface area contributed by atoms with E-state index >= 15 is 0 Å². The van der Waals surface area contributed by atoms with Gasteiger partial charge in [-0.3, -0.25) is 14.4 Å². The summed E-state index contributed by atoms with van der Waals surface area (Å²) >= 11 is 0. The zero-order valence-electron chi connectivity index (χ0n) is 10.3. The Labute approximate surface area is 109 Å². The highest BCUT2D eigenvalue weighted by Gasteiger charge is 2.33. The van der Waals surface area contributed by atoms with Gasteiger partial charge >= 0.3 is 17.9 Å². The van der Waals surface area contributed by atoms with Gasteiger partial charge < -0.3 is 14.9 Å². The minimum atomic E-state index is -4.26. The third kappa shape index (κ3) is 5.66. The number of hydrogen-bond acceptors (Lipinski definition) is 6. The number of rotatable bonds is 8. The molecule has 0 bridgehead atoms. The van der Waals surface area contributed by atoms with Crippen LogP contribution in [0.5, 0.6) is 0 Å². The first-order valence-electron chi connectivity index (χ1n) is 5.15. The van der Waals surface area contributed by atoms with Crippen molar-refractivity contribution in [1.29, 1.82) is 0 Å². The molecule has 0 aliphatic heterocycles. The molecule has 0 saturated heterocycles. The van der Waals surface area contributed by atoms with Crippen LogP contribution in [0.15, 0.2) is 0 Å². The fourth-order valence-corrected chi connectivity index (χ4v) is 2.26. The molecule has 0 heterocycles. The Morgan fingerprint density at radius 1 is 1.26 bits per heavy atom. The largest absolute Gasteiger partial charge is 0.481 e. The molecule has 0 aromatic carbocycles. The van der Waals surface area contributed by atoms with Gasteiger partial charge in [-0.2, -0.15) is 0 Å². The molecule has 0 fully saturated rings. The van der Waals surface area contributed by atoms with Gasteiger partial charge in [-0.1, -0.05) is 0 Å². The van der Waals surface area contributed by atoms with E-state index in [-0.39, 0.29) is 0 Å². The number of esters is 1. The molecule has 10 heteroatoms. The van der Waals surface area contributed by atoms with Crippen LogP contribution in [0.3, 0.4) is 0 Å². The van der Waals surface area contributed by atoms with Gasteiger partial charge in [-0.15, -0.1) is 0 Å². The second-order valence-corrected chi connectivity index (χ2v) is 5.68. The van der Waals surface area contributed by atoms with Gasteiger partial charge in [-0.05, 0) is 13.3 Å². The molecular formula is C9H15NO8S. The molecule has 0 rings (SSSR count). The van der Waals surface area contributed by atoms with Crippen LogP contribution in [0.2, 0.25) is 0 Å². The zero-order valence-corrected chi connectivity index (χ0v) is 11.1. The summed E-state index contributed by atoms with van der Waals surface area (Å²) in [7, 11) is -3.27. The summed E-state index contributed by atoms with van der Waals surface area (Å²) in [6, 6.07) is -1.62. The van der Waals surface area contributed by atoms with Crippen LogP contribution >= 0.6 is 0 Å². The summed E-state index contributed by atoms with van der Waals surface area (Å²) in [5.41, 5.74) is 0. The van der Waals surface area contributed by atoms with Crippen molar-refractivity contribution in [2.24, 2.45) is 0 Å². The molecule has 0 aliphatic rings. The first kappa shape index (κ1) is 17.3. The van der Waals surface area contributed by atoms with E-state index in [1.54, 1.807) is 4.72 Å². The molecule has 0 amide bonds. The summed E-state index contributed by atoms with van der Waals surface area (Å²) < 4.78 is 29.3. The second kappa shape index (κ2) is 7.04. The lowest BCUT2D eigenvalue weighted by Gasteiger charge is -2.16. The Morgan fingerprint density at radius 2 is 1.79 bits per heavy atom. The number of carboxylic acids is 2. The summed E-state index contributed by atoms with van der Waals surface area (Å²) in [4.78, 5) is 32.2. The number of aliphatic carboxylic acids is 2. The van der Waals surface area contributed by atoms with Crippen LogP contribution in [0.1, 0.15) is 19.8 Å². The highest BCUT2D eigenvalue weighted by atomic mass is 32.2. The number of ether oxygens (including phenoxy) is 1. The zero-order chi connectivity index (χ0) is 15.2. The van der Waals surface area contributed by atoms with E-state index in [0.717, 1.165) is 14.0 Å². The van der Waals surface area contributed by atoms with Crippen LogP contribution in [-0.4, -0.2) is 54.9 Å². The lowest BCUT2D eigenvalue weighted by molar-refractivity contribution is -0.141. The van der Waals surface area contributed by atoms with Gasteiger partial charge in [-0.25, -0.2) is 13.1 Å². The molecule has 3 N–H and O–H groups in total. The third-order valence-corrected chi connectivity index (χ3v) is 3.99. The molecule has 0 radical (unpaired) electrons. The number of carboxylic acid groups (broad SMARTS) is 2. The van der Waals surface area contributed by atoms with E-state index in [9.17, 15) is 22.8 Å². The lowest BCUT2D eigenvalue weighted by atomic mass is 10.2. The minimum absolute atomic E-state index is 0.433. The Kier molecular flexibility index (Phi) is 6.42. The molecule has 110 valence electrons. The molecule has 0 saturated carbocycles. The Balaban J connectivity index is 4.88. The van der Waals surface area contributed by atoms with Crippen molar-refractivity contribution in [3.63, 3.8) is 0 Å².